The molecular formula is C13H21NO4. The first-order chi connectivity index (χ1) is 8.20. The Morgan fingerprint density at radius 1 is 1.44 bits per heavy atom. The summed E-state index contributed by atoms with van der Waals surface area (Å²) in [5.41, 5.74) is -0.239. The predicted octanol–water partition coefficient (Wildman–Crippen LogP) is 2.95. The number of amides is 1. The van der Waals surface area contributed by atoms with Crippen LogP contribution in [0.3, 0.4) is 0 Å². The summed E-state index contributed by atoms with van der Waals surface area (Å²) in [5.74, 6) is -0.260. The Morgan fingerprint density at radius 2 is 2.06 bits per heavy atom. The zero-order chi connectivity index (χ0) is 13.9. The second kappa shape index (κ2) is 5.33. The molecule has 5 heteroatoms. The van der Waals surface area contributed by atoms with Crippen LogP contribution in [0.5, 0.6) is 0 Å². The summed E-state index contributed by atoms with van der Waals surface area (Å²) in [6.45, 7) is 9.35. The zero-order valence-electron chi connectivity index (χ0n) is 11.6. The van der Waals surface area contributed by atoms with Gasteiger partial charge in [-0.15, -0.1) is 0 Å². The molecule has 1 rings (SSSR count). The first-order valence-electron chi connectivity index (χ1n) is 5.97. The Bertz CT molecular complexity index is 377. The maximum absolute atomic E-state index is 11.9. The first kappa shape index (κ1) is 14.4. The van der Waals surface area contributed by atoms with Crippen LogP contribution in [0.4, 0.5) is 4.79 Å². The van der Waals surface area contributed by atoms with Crippen LogP contribution in [-0.4, -0.2) is 34.3 Å². The quantitative estimate of drug-likeness (QED) is 0.771. The summed E-state index contributed by atoms with van der Waals surface area (Å²) in [5, 5.41) is 9.79. The molecule has 0 aromatic heterocycles. The van der Waals surface area contributed by atoms with Crippen LogP contribution in [0, 0.1) is 0 Å². The Morgan fingerprint density at radius 3 is 2.56 bits per heavy atom. The summed E-state index contributed by atoms with van der Waals surface area (Å²) in [4.78, 5) is 13.3. The Balaban J connectivity index is 2.81. The van der Waals surface area contributed by atoms with Crippen LogP contribution in [0.15, 0.2) is 23.8 Å². The Labute approximate surface area is 108 Å². The number of nitrogens with zero attached hydrogens (tertiary/aromatic N) is 1. The SMILES string of the molecule is CC(C)O/C(O)=C1\C=CCN1C(=O)OC(C)(C)C. The van der Waals surface area contributed by atoms with E-state index in [1.807, 2.05) is 0 Å². The topological polar surface area (TPSA) is 59.0 Å². The fourth-order valence-corrected chi connectivity index (χ4v) is 1.42. The van der Waals surface area contributed by atoms with Crippen LogP contribution in [0.2, 0.25) is 0 Å². The van der Waals surface area contributed by atoms with Crippen molar-refractivity contribution in [1.29, 1.82) is 0 Å². The lowest BCUT2D eigenvalue weighted by Crippen LogP contribution is -2.35. The fraction of sp³-hybridized carbons (Fsp3) is 0.615. The number of hydrogen-bond donors (Lipinski definition) is 1. The molecule has 1 aliphatic heterocycles. The third kappa shape index (κ3) is 3.98. The number of rotatable bonds is 2. The second-order valence-electron chi connectivity index (χ2n) is 5.35. The molecule has 1 amide bonds. The molecular weight excluding hydrogens is 234 g/mol. The number of ether oxygens (including phenoxy) is 2. The molecule has 1 N–H and O–H groups in total. The minimum Gasteiger partial charge on any atom is -0.479 e. The summed E-state index contributed by atoms with van der Waals surface area (Å²) in [6, 6.07) is 0. The highest BCUT2D eigenvalue weighted by Crippen LogP contribution is 2.21. The molecule has 0 spiro atoms. The molecule has 18 heavy (non-hydrogen) atoms. The third-order valence-corrected chi connectivity index (χ3v) is 2.03. The van der Waals surface area contributed by atoms with Gasteiger partial charge in [0, 0.05) is 6.54 Å². The number of aliphatic hydroxyl groups excluding tert-OH is 1. The van der Waals surface area contributed by atoms with E-state index in [-0.39, 0.29) is 12.0 Å². The highest BCUT2D eigenvalue weighted by atomic mass is 16.6. The number of aliphatic hydroxyl groups is 1. The first-order valence-corrected chi connectivity index (χ1v) is 5.97. The van der Waals surface area contributed by atoms with Crippen molar-refractivity contribution in [2.24, 2.45) is 0 Å². The van der Waals surface area contributed by atoms with Crippen LogP contribution < -0.4 is 0 Å². The molecule has 0 aliphatic carbocycles. The van der Waals surface area contributed by atoms with E-state index in [2.05, 4.69) is 0 Å². The minimum atomic E-state index is -0.570. The number of carbonyl (C=O) groups is 1. The van der Waals surface area contributed by atoms with Gasteiger partial charge in [-0.1, -0.05) is 6.08 Å². The van der Waals surface area contributed by atoms with Crippen molar-refractivity contribution in [3.05, 3.63) is 23.8 Å². The Kier molecular flexibility index (Phi) is 4.27. The van der Waals surface area contributed by atoms with Gasteiger partial charge in [0.2, 0.25) is 0 Å². The monoisotopic (exact) mass is 255 g/mol. The molecule has 0 atom stereocenters. The molecule has 0 fully saturated rings. The number of hydrogen-bond acceptors (Lipinski definition) is 4. The summed E-state index contributed by atoms with van der Waals surface area (Å²) in [6.07, 6.45) is 2.74. The van der Waals surface area contributed by atoms with Crippen molar-refractivity contribution in [3.63, 3.8) is 0 Å². The van der Waals surface area contributed by atoms with E-state index in [1.165, 1.54) is 4.90 Å². The molecule has 0 radical (unpaired) electrons. The largest absolute Gasteiger partial charge is 0.479 e. The zero-order valence-corrected chi connectivity index (χ0v) is 11.6. The number of allylic oxidation sites excluding steroid dienone is 1. The molecule has 0 unspecified atom stereocenters. The van der Waals surface area contributed by atoms with Gasteiger partial charge in [0.1, 0.15) is 11.3 Å². The van der Waals surface area contributed by atoms with Gasteiger partial charge in [-0.25, -0.2) is 4.79 Å². The van der Waals surface area contributed by atoms with E-state index in [9.17, 15) is 9.90 Å². The smallest absolute Gasteiger partial charge is 0.415 e. The van der Waals surface area contributed by atoms with Gasteiger partial charge < -0.3 is 14.6 Å². The molecule has 1 heterocycles. The maximum atomic E-state index is 11.9. The van der Waals surface area contributed by atoms with Gasteiger partial charge in [0.05, 0.1) is 6.10 Å². The molecule has 1 aliphatic rings. The molecule has 0 aromatic carbocycles. The van der Waals surface area contributed by atoms with Crippen molar-refractivity contribution in [2.45, 2.75) is 46.3 Å². The van der Waals surface area contributed by atoms with Crippen LogP contribution in [0.1, 0.15) is 34.6 Å². The van der Waals surface area contributed by atoms with Crippen LogP contribution in [0.25, 0.3) is 0 Å². The third-order valence-electron chi connectivity index (χ3n) is 2.03. The van der Waals surface area contributed by atoms with Crippen LogP contribution >= 0.6 is 0 Å². The second-order valence-corrected chi connectivity index (χ2v) is 5.35. The number of carbonyl (C=O) groups excluding carboxylic acids is 1. The average Bonchev–Trinajstić information content (AvgIpc) is 2.61. The van der Waals surface area contributed by atoms with E-state index < -0.39 is 11.7 Å². The summed E-state index contributed by atoms with van der Waals surface area (Å²) in [7, 11) is 0. The van der Waals surface area contributed by atoms with Crippen molar-refractivity contribution in [2.75, 3.05) is 6.54 Å². The lowest BCUT2D eigenvalue weighted by Gasteiger charge is -2.25. The summed E-state index contributed by atoms with van der Waals surface area (Å²) >= 11 is 0. The highest BCUT2D eigenvalue weighted by molar-refractivity contribution is 5.72. The highest BCUT2D eigenvalue weighted by Gasteiger charge is 2.28. The predicted molar refractivity (Wildman–Crippen MR) is 68.0 cm³/mol. The average molecular weight is 255 g/mol. The lowest BCUT2D eigenvalue weighted by atomic mass is 10.2. The van der Waals surface area contributed by atoms with Gasteiger partial charge >= 0.3 is 12.0 Å². The molecule has 0 saturated heterocycles. The fourth-order valence-electron chi connectivity index (χ4n) is 1.42. The van der Waals surface area contributed by atoms with Gasteiger partial charge in [-0.2, -0.15) is 0 Å². The molecule has 102 valence electrons. The normalized spacial score (nSPS) is 18.2. The molecule has 0 aromatic rings. The van der Waals surface area contributed by atoms with Gasteiger partial charge in [-0.3, -0.25) is 4.90 Å². The molecule has 0 bridgehead atoms. The standard InChI is InChI=1S/C13H21NO4/c1-9(2)17-11(15)10-7-6-8-14(10)12(16)18-13(3,4)5/h6-7,9,15H,8H2,1-5H3/b11-10+. The minimum absolute atomic E-state index is 0.160. The van der Waals surface area contributed by atoms with Crippen LogP contribution in [-0.2, 0) is 9.47 Å². The van der Waals surface area contributed by atoms with Crippen molar-refractivity contribution < 1.29 is 19.4 Å². The van der Waals surface area contributed by atoms with E-state index in [1.54, 1.807) is 46.8 Å². The molecule has 5 nitrogen and oxygen atoms in total. The van der Waals surface area contributed by atoms with E-state index in [4.69, 9.17) is 9.47 Å². The van der Waals surface area contributed by atoms with Gasteiger partial charge in [0.25, 0.3) is 0 Å². The maximum Gasteiger partial charge on any atom is 0.415 e. The van der Waals surface area contributed by atoms with Crippen molar-refractivity contribution in [1.82, 2.24) is 4.90 Å². The lowest BCUT2D eigenvalue weighted by molar-refractivity contribution is 0.0225. The van der Waals surface area contributed by atoms with Gasteiger partial charge in [0.15, 0.2) is 0 Å². The van der Waals surface area contributed by atoms with E-state index in [0.717, 1.165) is 0 Å². The van der Waals surface area contributed by atoms with E-state index >= 15 is 0 Å². The Hall–Kier alpha value is -1.65. The van der Waals surface area contributed by atoms with Crippen molar-refractivity contribution >= 4 is 6.09 Å². The molecule has 0 saturated carbocycles. The van der Waals surface area contributed by atoms with Crippen molar-refractivity contribution in [3.8, 4) is 0 Å². The van der Waals surface area contributed by atoms with Gasteiger partial charge in [-0.05, 0) is 40.7 Å². The summed E-state index contributed by atoms with van der Waals surface area (Å²) < 4.78 is 10.4. The van der Waals surface area contributed by atoms with E-state index in [0.29, 0.717) is 12.2 Å².